The molecular weight excluding hydrogens is 584 g/mol. The van der Waals surface area contributed by atoms with Crippen LogP contribution in [0.4, 0.5) is 5.69 Å². The molecule has 3 atom stereocenters. The number of ether oxygens (including phenoxy) is 1. The fraction of sp³-hybridized carbons (Fsp3) is 0.323. The van der Waals surface area contributed by atoms with Gasteiger partial charge in [0.15, 0.2) is 0 Å². The molecule has 0 spiro atoms. The van der Waals surface area contributed by atoms with Gasteiger partial charge in [-0.15, -0.1) is 0 Å². The molecule has 10 nitrogen and oxygen atoms in total. The van der Waals surface area contributed by atoms with E-state index in [4.69, 9.17) is 21.3 Å². The van der Waals surface area contributed by atoms with E-state index in [2.05, 4.69) is 26.4 Å². The Morgan fingerprint density at radius 1 is 1.05 bits per heavy atom. The molecule has 2 amide bonds. The summed E-state index contributed by atoms with van der Waals surface area (Å²) in [6.07, 6.45) is -0.226. The highest BCUT2D eigenvalue weighted by atomic mass is 35.5. The maximum Gasteiger partial charge on any atom is 0.251 e. The van der Waals surface area contributed by atoms with E-state index in [1.165, 1.54) is 0 Å². The van der Waals surface area contributed by atoms with Crippen LogP contribution < -0.4 is 36.3 Å². The van der Waals surface area contributed by atoms with E-state index in [0.29, 0.717) is 16.3 Å². The number of rotatable bonds is 9. The van der Waals surface area contributed by atoms with Crippen LogP contribution in [0.2, 0.25) is 18.1 Å². The minimum atomic E-state index is -2.53. The minimum Gasteiger partial charge on any atom is -0.497 e. The molecule has 2 heterocycles. The number of aliphatic imine (C=N–C) groups is 1. The third-order valence-electron chi connectivity index (χ3n) is 7.63. The van der Waals surface area contributed by atoms with Crippen molar-refractivity contribution in [1.29, 1.82) is 0 Å². The predicted octanol–water partition coefficient (Wildman–Crippen LogP) is 2.50. The number of hydrogen-bond donors (Lipinski definition) is 5. The number of carbonyl (C=O) groups is 2. The third kappa shape index (κ3) is 6.92. The lowest BCUT2D eigenvalue weighted by atomic mass is 9.99. The van der Waals surface area contributed by atoms with Gasteiger partial charge in [-0.05, 0) is 67.7 Å². The van der Waals surface area contributed by atoms with Crippen LogP contribution in [-0.2, 0) is 4.79 Å². The number of anilines is 1. The van der Waals surface area contributed by atoms with Crippen LogP contribution in [-0.4, -0.2) is 69.2 Å². The Labute approximate surface area is 257 Å². The van der Waals surface area contributed by atoms with Crippen molar-refractivity contribution in [1.82, 2.24) is 21.5 Å². The number of halogens is 1. The molecule has 3 unspecified atom stereocenters. The second kappa shape index (κ2) is 12.9. The highest BCUT2D eigenvalue weighted by molar-refractivity contribution is 6.83. The summed E-state index contributed by atoms with van der Waals surface area (Å²) in [4.78, 5) is 43.6. The first-order chi connectivity index (χ1) is 20.5. The molecule has 3 aromatic rings. The summed E-state index contributed by atoms with van der Waals surface area (Å²) in [6.45, 7) is 6.19. The molecule has 2 aliphatic rings. The zero-order valence-electron chi connectivity index (χ0n) is 24.6. The van der Waals surface area contributed by atoms with Gasteiger partial charge in [0, 0.05) is 40.5 Å². The number of methoxy groups -OCH3 is 1. The molecule has 43 heavy (non-hydrogen) atoms. The number of hydrogen-bond acceptors (Lipinski definition) is 8. The van der Waals surface area contributed by atoms with Crippen LogP contribution in [0.25, 0.3) is 0 Å². The molecule has 226 valence electrons. The van der Waals surface area contributed by atoms with E-state index in [0.717, 1.165) is 27.7 Å². The maximum absolute atomic E-state index is 13.2. The van der Waals surface area contributed by atoms with E-state index in [1.54, 1.807) is 25.3 Å². The molecule has 1 saturated heterocycles. The second-order valence-corrected chi connectivity index (χ2v) is 15.3. The van der Waals surface area contributed by atoms with E-state index >= 15 is 0 Å². The van der Waals surface area contributed by atoms with Gasteiger partial charge in [-0.1, -0.05) is 35.9 Å². The largest absolute Gasteiger partial charge is 0.497 e. The Morgan fingerprint density at radius 2 is 1.79 bits per heavy atom. The average molecular weight is 621 g/mol. The molecule has 5 rings (SSSR count). The number of nitrogens with one attached hydrogen (secondary N) is 4. The van der Waals surface area contributed by atoms with Crippen LogP contribution in [0.1, 0.15) is 34.8 Å². The van der Waals surface area contributed by atoms with Crippen LogP contribution in [0.3, 0.4) is 0 Å². The first-order valence-electron chi connectivity index (χ1n) is 14.2. The molecule has 1 fully saturated rings. The molecule has 5 N–H and O–H groups in total. The Kier molecular flexibility index (Phi) is 9.18. The Balaban J connectivity index is 1.31. The Morgan fingerprint density at radius 3 is 2.51 bits per heavy atom. The fourth-order valence-electron chi connectivity index (χ4n) is 5.37. The lowest BCUT2D eigenvalue weighted by molar-refractivity contribution is -0.121. The van der Waals surface area contributed by atoms with Crippen molar-refractivity contribution in [2.24, 2.45) is 4.99 Å². The van der Waals surface area contributed by atoms with Crippen molar-refractivity contribution in [2.75, 3.05) is 25.1 Å². The number of amides is 2. The monoisotopic (exact) mass is 620 g/mol. The number of nitrogens with zero attached hydrogens (tertiary/aromatic N) is 2. The van der Waals surface area contributed by atoms with E-state index < -0.39 is 14.4 Å². The van der Waals surface area contributed by atoms with Crippen LogP contribution in [0.15, 0.2) is 71.7 Å². The van der Waals surface area contributed by atoms with Gasteiger partial charge in [0.05, 0.1) is 31.4 Å². The standard InChI is InChI=1S/C31H37ClN6O4Si/c1-19-36-37-30-26(18-28(39)33-14-15-34-31(40)21-6-5-7-24(16-21)43(3,4)41)35-29(20-8-10-22(32)11-9-20)25-17-23(42-2)12-13-27(25)38(19)30/h5-13,16-17,19,26,30,36-37,41H,14-15,18H2,1-4H3,(H,33,39)(H,34,40). The smallest absolute Gasteiger partial charge is 0.251 e. The van der Waals surface area contributed by atoms with Gasteiger partial charge in [0.2, 0.25) is 14.2 Å². The van der Waals surface area contributed by atoms with Crippen molar-refractivity contribution < 1.29 is 19.1 Å². The average Bonchev–Trinajstić information content (AvgIpc) is 3.31. The van der Waals surface area contributed by atoms with Crippen LogP contribution in [0, 0.1) is 0 Å². The molecular formula is C31H37ClN6O4Si. The number of fused-ring (bicyclic) bond motifs is 3. The van der Waals surface area contributed by atoms with Crippen molar-refractivity contribution in [3.05, 3.63) is 88.4 Å². The highest BCUT2D eigenvalue weighted by Crippen LogP contribution is 2.36. The van der Waals surface area contributed by atoms with Gasteiger partial charge >= 0.3 is 0 Å². The van der Waals surface area contributed by atoms with E-state index in [9.17, 15) is 14.4 Å². The second-order valence-electron chi connectivity index (χ2n) is 11.2. The van der Waals surface area contributed by atoms with Gasteiger partial charge in [-0.25, -0.2) is 10.9 Å². The molecule has 2 aliphatic heterocycles. The van der Waals surface area contributed by atoms with E-state index in [-0.39, 0.29) is 43.7 Å². The molecule has 0 saturated carbocycles. The van der Waals surface area contributed by atoms with Crippen LogP contribution >= 0.6 is 11.6 Å². The summed E-state index contributed by atoms with van der Waals surface area (Å²) in [5, 5.41) is 7.18. The van der Waals surface area contributed by atoms with Crippen molar-refractivity contribution in [3.63, 3.8) is 0 Å². The SMILES string of the molecule is COc1ccc2c(c1)C(c1ccc(Cl)cc1)=NC(CC(=O)NCCNC(=O)c1cccc([Si](C)(C)O)c1)C1NNC(C)N21. The first-order valence-corrected chi connectivity index (χ1v) is 17.6. The lowest BCUT2D eigenvalue weighted by Gasteiger charge is -2.31. The summed E-state index contributed by atoms with van der Waals surface area (Å²) < 4.78 is 5.55. The van der Waals surface area contributed by atoms with Gasteiger partial charge in [-0.2, -0.15) is 0 Å². The van der Waals surface area contributed by atoms with Gasteiger partial charge in [0.1, 0.15) is 11.9 Å². The number of benzene rings is 3. The van der Waals surface area contributed by atoms with Crippen molar-refractivity contribution >= 4 is 48.3 Å². The molecule has 0 bridgehead atoms. The fourth-order valence-corrected chi connectivity index (χ4v) is 6.51. The van der Waals surface area contributed by atoms with Crippen molar-refractivity contribution in [3.8, 4) is 5.75 Å². The zero-order chi connectivity index (χ0) is 30.7. The summed E-state index contributed by atoms with van der Waals surface area (Å²) in [5.41, 5.74) is 10.6. The normalized spacial score (nSPS) is 19.5. The Hall–Kier alpha value is -3.74. The predicted molar refractivity (Wildman–Crippen MR) is 172 cm³/mol. The van der Waals surface area contributed by atoms with Gasteiger partial charge < -0.3 is 25.1 Å². The molecule has 0 aliphatic carbocycles. The summed E-state index contributed by atoms with van der Waals surface area (Å²) in [5.74, 6) is 0.268. The maximum atomic E-state index is 13.2. The molecule has 3 aromatic carbocycles. The number of hydrazine groups is 1. The van der Waals surface area contributed by atoms with Gasteiger partial charge in [-0.3, -0.25) is 14.6 Å². The van der Waals surface area contributed by atoms with Crippen molar-refractivity contribution in [2.45, 2.75) is 44.8 Å². The van der Waals surface area contributed by atoms with Crippen LogP contribution in [0.5, 0.6) is 5.75 Å². The zero-order valence-corrected chi connectivity index (χ0v) is 26.4. The summed E-state index contributed by atoms with van der Waals surface area (Å²) in [6, 6.07) is 20.0. The Bertz CT molecular complexity index is 1530. The summed E-state index contributed by atoms with van der Waals surface area (Å²) in [7, 11) is -0.899. The first kappa shape index (κ1) is 30.7. The minimum absolute atomic E-state index is 0.0599. The highest BCUT2D eigenvalue weighted by Gasteiger charge is 2.40. The molecule has 0 aromatic heterocycles. The quantitative estimate of drug-likeness (QED) is 0.184. The van der Waals surface area contributed by atoms with E-state index in [1.807, 2.05) is 68.5 Å². The van der Waals surface area contributed by atoms with Gasteiger partial charge in [0.25, 0.3) is 5.91 Å². The number of carbonyl (C=O) groups excluding carboxylic acids is 2. The molecule has 0 radical (unpaired) electrons. The topological polar surface area (TPSA) is 127 Å². The summed E-state index contributed by atoms with van der Waals surface area (Å²) >= 11 is 6.19. The molecule has 12 heteroatoms. The third-order valence-corrected chi connectivity index (χ3v) is 9.61. The lowest BCUT2D eigenvalue weighted by Crippen LogP contribution is -2.48.